The molecule has 1 atom stereocenters. The molecule has 5 nitrogen and oxygen atoms in total. The number of nitrogens with one attached hydrogen (secondary N) is 2. The first-order valence-electron chi connectivity index (χ1n) is 10.0. The predicted octanol–water partition coefficient (Wildman–Crippen LogP) is 2.88. The third-order valence-corrected chi connectivity index (χ3v) is 5.06. The highest BCUT2D eigenvalue weighted by molar-refractivity contribution is 5.79. The standard InChI is InChI=1S/C22H27F3N4O/c1-26-22(27-7-6-16-12-19(24)14-20(25)13-16)28-15-21(29-8-10-30-11-9-29)17-2-4-18(23)5-3-17/h2-5,12-14,21H,6-11,15H2,1H3,(H2,26,27,28). The van der Waals surface area contributed by atoms with E-state index in [9.17, 15) is 13.2 Å². The van der Waals surface area contributed by atoms with Gasteiger partial charge in [-0.15, -0.1) is 0 Å². The van der Waals surface area contributed by atoms with Gasteiger partial charge in [0.1, 0.15) is 17.5 Å². The molecule has 1 aliphatic heterocycles. The van der Waals surface area contributed by atoms with E-state index in [2.05, 4.69) is 20.5 Å². The lowest BCUT2D eigenvalue weighted by Crippen LogP contribution is -2.46. The number of morpholine rings is 1. The molecule has 30 heavy (non-hydrogen) atoms. The van der Waals surface area contributed by atoms with E-state index in [1.807, 2.05) is 0 Å². The van der Waals surface area contributed by atoms with Gasteiger partial charge < -0.3 is 15.4 Å². The first-order valence-corrected chi connectivity index (χ1v) is 10.0. The number of halogens is 3. The van der Waals surface area contributed by atoms with Crippen LogP contribution < -0.4 is 10.6 Å². The highest BCUT2D eigenvalue weighted by Crippen LogP contribution is 2.21. The van der Waals surface area contributed by atoms with Crippen molar-refractivity contribution in [3.8, 4) is 0 Å². The van der Waals surface area contributed by atoms with Crippen molar-refractivity contribution in [1.29, 1.82) is 0 Å². The van der Waals surface area contributed by atoms with Crippen molar-refractivity contribution < 1.29 is 17.9 Å². The van der Waals surface area contributed by atoms with E-state index in [1.54, 1.807) is 19.2 Å². The van der Waals surface area contributed by atoms with E-state index < -0.39 is 11.6 Å². The van der Waals surface area contributed by atoms with Crippen LogP contribution in [-0.4, -0.2) is 57.3 Å². The molecule has 1 fully saturated rings. The molecule has 1 saturated heterocycles. The summed E-state index contributed by atoms with van der Waals surface area (Å²) in [6.07, 6.45) is 0.459. The second-order valence-electron chi connectivity index (χ2n) is 7.12. The van der Waals surface area contributed by atoms with Crippen molar-refractivity contribution in [2.45, 2.75) is 12.5 Å². The van der Waals surface area contributed by atoms with Gasteiger partial charge in [-0.1, -0.05) is 12.1 Å². The Balaban J connectivity index is 1.57. The monoisotopic (exact) mass is 420 g/mol. The molecule has 1 heterocycles. The van der Waals surface area contributed by atoms with Crippen LogP contribution in [0, 0.1) is 17.5 Å². The van der Waals surface area contributed by atoms with Gasteiger partial charge in [-0.05, 0) is 41.8 Å². The zero-order valence-electron chi connectivity index (χ0n) is 17.0. The molecule has 0 aliphatic carbocycles. The molecular weight excluding hydrogens is 393 g/mol. The summed E-state index contributed by atoms with van der Waals surface area (Å²) >= 11 is 0. The molecule has 0 saturated carbocycles. The summed E-state index contributed by atoms with van der Waals surface area (Å²) in [5.41, 5.74) is 1.59. The molecule has 2 N–H and O–H groups in total. The Labute approximate surface area is 174 Å². The lowest BCUT2D eigenvalue weighted by Gasteiger charge is -2.35. The smallest absolute Gasteiger partial charge is 0.191 e. The van der Waals surface area contributed by atoms with Crippen molar-refractivity contribution in [3.05, 3.63) is 71.0 Å². The fourth-order valence-electron chi connectivity index (χ4n) is 3.53. The van der Waals surface area contributed by atoms with Crippen LogP contribution in [0.15, 0.2) is 47.5 Å². The second-order valence-corrected chi connectivity index (χ2v) is 7.12. The lowest BCUT2D eigenvalue weighted by atomic mass is 10.0. The summed E-state index contributed by atoms with van der Waals surface area (Å²) in [4.78, 5) is 6.52. The zero-order chi connectivity index (χ0) is 21.3. The molecule has 2 aromatic carbocycles. The highest BCUT2D eigenvalue weighted by atomic mass is 19.1. The van der Waals surface area contributed by atoms with Crippen molar-refractivity contribution in [2.24, 2.45) is 4.99 Å². The van der Waals surface area contributed by atoms with Gasteiger partial charge in [0, 0.05) is 39.3 Å². The molecule has 3 rings (SSSR count). The fourth-order valence-corrected chi connectivity index (χ4v) is 3.53. The minimum Gasteiger partial charge on any atom is -0.379 e. The Morgan fingerprint density at radius 2 is 1.67 bits per heavy atom. The normalized spacial score (nSPS) is 16.3. The molecule has 2 aromatic rings. The third-order valence-electron chi connectivity index (χ3n) is 5.06. The van der Waals surface area contributed by atoms with Crippen LogP contribution in [0.1, 0.15) is 17.2 Å². The van der Waals surface area contributed by atoms with Gasteiger partial charge in [0.2, 0.25) is 0 Å². The van der Waals surface area contributed by atoms with Crippen molar-refractivity contribution >= 4 is 5.96 Å². The van der Waals surface area contributed by atoms with Gasteiger partial charge in [-0.25, -0.2) is 13.2 Å². The predicted molar refractivity (Wildman–Crippen MR) is 111 cm³/mol. The van der Waals surface area contributed by atoms with E-state index in [4.69, 9.17) is 4.74 Å². The molecule has 0 spiro atoms. The minimum absolute atomic E-state index is 0.0327. The summed E-state index contributed by atoms with van der Waals surface area (Å²) in [5.74, 6) is -0.841. The van der Waals surface area contributed by atoms with Crippen LogP contribution in [0.25, 0.3) is 0 Å². The number of nitrogens with zero attached hydrogens (tertiary/aromatic N) is 2. The maximum Gasteiger partial charge on any atom is 0.191 e. The number of hydrogen-bond donors (Lipinski definition) is 2. The Morgan fingerprint density at radius 1 is 1.00 bits per heavy atom. The highest BCUT2D eigenvalue weighted by Gasteiger charge is 2.23. The maximum absolute atomic E-state index is 13.4. The van der Waals surface area contributed by atoms with Crippen LogP contribution in [0.5, 0.6) is 0 Å². The maximum atomic E-state index is 13.4. The number of guanidine groups is 1. The fraction of sp³-hybridized carbons (Fsp3) is 0.409. The number of ether oxygens (including phenoxy) is 1. The van der Waals surface area contributed by atoms with Crippen LogP contribution in [0.4, 0.5) is 13.2 Å². The Kier molecular flexibility index (Phi) is 8.10. The van der Waals surface area contributed by atoms with Crippen molar-refractivity contribution in [2.75, 3.05) is 46.4 Å². The average molecular weight is 420 g/mol. The van der Waals surface area contributed by atoms with Gasteiger partial charge in [0.05, 0.1) is 19.3 Å². The molecule has 8 heteroatoms. The minimum atomic E-state index is -0.583. The SMILES string of the molecule is CN=C(NCCc1cc(F)cc(F)c1)NCC(c1ccc(F)cc1)N1CCOCC1. The van der Waals surface area contributed by atoms with Gasteiger partial charge >= 0.3 is 0 Å². The van der Waals surface area contributed by atoms with E-state index in [1.165, 1.54) is 24.3 Å². The molecule has 1 aliphatic rings. The molecule has 1 unspecified atom stereocenters. The summed E-state index contributed by atoms with van der Waals surface area (Å²) < 4.78 is 45.5. The zero-order valence-corrected chi connectivity index (χ0v) is 17.0. The quantitative estimate of drug-likeness (QED) is 0.534. The van der Waals surface area contributed by atoms with Gasteiger partial charge in [0.15, 0.2) is 5.96 Å². The first-order chi connectivity index (χ1) is 14.5. The van der Waals surface area contributed by atoms with Crippen molar-refractivity contribution in [1.82, 2.24) is 15.5 Å². The Morgan fingerprint density at radius 3 is 2.30 bits per heavy atom. The molecular formula is C22H27F3N4O. The summed E-state index contributed by atoms with van der Waals surface area (Å²) in [6, 6.07) is 10.1. The van der Waals surface area contributed by atoms with Crippen LogP contribution in [0.3, 0.4) is 0 Å². The largest absolute Gasteiger partial charge is 0.379 e. The lowest BCUT2D eigenvalue weighted by molar-refractivity contribution is 0.0170. The molecule has 0 radical (unpaired) electrons. The first kappa shape index (κ1) is 22.1. The van der Waals surface area contributed by atoms with Gasteiger partial charge in [-0.2, -0.15) is 0 Å². The van der Waals surface area contributed by atoms with Crippen LogP contribution in [0.2, 0.25) is 0 Å². The van der Waals surface area contributed by atoms with Crippen molar-refractivity contribution in [3.63, 3.8) is 0 Å². The van der Waals surface area contributed by atoms with Crippen LogP contribution >= 0.6 is 0 Å². The molecule has 162 valence electrons. The third kappa shape index (κ3) is 6.47. The number of rotatable bonds is 7. The topological polar surface area (TPSA) is 48.9 Å². The molecule has 0 amide bonds. The molecule has 0 bridgehead atoms. The number of hydrogen-bond acceptors (Lipinski definition) is 3. The number of aliphatic imine (C=N–C) groups is 1. The van der Waals surface area contributed by atoms with E-state index in [-0.39, 0.29) is 11.9 Å². The number of benzene rings is 2. The summed E-state index contributed by atoms with van der Waals surface area (Å²) in [6.45, 7) is 3.95. The molecule has 0 aromatic heterocycles. The second kappa shape index (κ2) is 11.0. The van der Waals surface area contributed by atoms with Crippen LogP contribution in [-0.2, 0) is 11.2 Å². The summed E-state index contributed by atoms with van der Waals surface area (Å²) in [5, 5.41) is 6.47. The van der Waals surface area contributed by atoms with E-state index >= 15 is 0 Å². The Hall–Kier alpha value is -2.58. The van der Waals surface area contributed by atoms with Gasteiger partial charge in [0.25, 0.3) is 0 Å². The van der Waals surface area contributed by atoms with E-state index in [0.717, 1.165) is 24.7 Å². The average Bonchev–Trinajstić information content (AvgIpc) is 2.74. The Bertz CT molecular complexity index is 819. The summed E-state index contributed by atoms with van der Waals surface area (Å²) in [7, 11) is 1.67. The van der Waals surface area contributed by atoms with E-state index in [0.29, 0.717) is 44.2 Å². The van der Waals surface area contributed by atoms with Gasteiger partial charge in [-0.3, -0.25) is 9.89 Å².